The van der Waals surface area contributed by atoms with Crippen LogP contribution in [0.1, 0.15) is 24.8 Å². The van der Waals surface area contributed by atoms with E-state index in [1.54, 1.807) is 7.11 Å². The normalized spacial score (nSPS) is 14.0. The Labute approximate surface area is 316 Å². The molecule has 13 heteroatoms. The third-order valence-corrected chi connectivity index (χ3v) is 9.26. The fourth-order valence-corrected chi connectivity index (χ4v) is 6.50. The molecule has 0 unspecified atom stereocenters. The van der Waals surface area contributed by atoms with E-state index in [0.29, 0.717) is 99.1 Å². The molecule has 12 nitrogen and oxygen atoms in total. The molecule has 1 aliphatic heterocycles. The van der Waals surface area contributed by atoms with Gasteiger partial charge in [0.2, 0.25) is 5.52 Å². The van der Waals surface area contributed by atoms with Crippen molar-refractivity contribution in [1.29, 1.82) is 0 Å². The second-order valence-corrected chi connectivity index (χ2v) is 13.6. The molecule has 2 heterocycles. The molecule has 0 fully saturated rings. The van der Waals surface area contributed by atoms with E-state index in [9.17, 15) is 0 Å². The Hall–Kier alpha value is -2.43. The lowest BCUT2D eigenvalue weighted by Gasteiger charge is -2.36. The van der Waals surface area contributed by atoms with E-state index in [4.69, 9.17) is 37.9 Å². The average Bonchev–Trinajstić information content (AvgIpc) is 3.46. The zero-order valence-electron chi connectivity index (χ0n) is 32.4. The molecule has 0 bridgehead atoms. The predicted octanol–water partition coefficient (Wildman–Crippen LogP) is 4.21. The van der Waals surface area contributed by atoms with E-state index < -0.39 is 0 Å². The van der Waals surface area contributed by atoms with Crippen molar-refractivity contribution in [3.8, 4) is 0 Å². The van der Waals surface area contributed by atoms with Gasteiger partial charge in [0, 0.05) is 45.1 Å². The molecular formula is C39H65N4O8S+. The number of fused-ring (bicyclic) bond motifs is 1. The second kappa shape index (κ2) is 28.1. The monoisotopic (exact) mass is 749 g/mol. The summed E-state index contributed by atoms with van der Waals surface area (Å²) in [6, 6.07) is 8.58. The Morgan fingerprint density at radius 3 is 1.77 bits per heavy atom. The minimum absolute atomic E-state index is 0.523. The van der Waals surface area contributed by atoms with Crippen molar-refractivity contribution in [2.75, 3.05) is 146 Å². The van der Waals surface area contributed by atoms with Gasteiger partial charge in [-0.2, -0.15) is 4.57 Å². The maximum atomic E-state index is 5.99. The summed E-state index contributed by atoms with van der Waals surface area (Å²) in [4.78, 5) is 7.10. The lowest BCUT2D eigenvalue weighted by Crippen LogP contribution is -2.37. The summed E-state index contributed by atoms with van der Waals surface area (Å²) in [7, 11) is 8.07. The van der Waals surface area contributed by atoms with Gasteiger partial charge in [-0.15, -0.1) is 0 Å². The maximum Gasteiger partial charge on any atom is 0.263 e. The van der Waals surface area contributed by atoms with Crippen molar-refractivity contribution in [3.63, 3.8) is 0 Å². The quantitative estimate of drug-likeness (QED) is 0.0798. The number of methoxy groups -OCH3 is 1. The Bertz CT molecular complexity index is 1300. The molecule has 1 aromatic carbocycles. The number of allylic oxidation sites excluding steroid dienone is 3. The van der Waals surface area contributed by atoms with E-state index in [1.165, 1.54) is 26.6 Å². The highest BCUT2D eigenvalue weighted by atomic mass is 32.1. The summed E-state index contributed by atoms with van der Waals surface area (Å²) in [6.45, 7) is 14.3. The van der Waals surface area contributed by atoms with Crippen LogP contribution in [0.15, 0.2) is 54.0 Å². The summed E-state index contributed by atoms with van der Waals surface area (Å²) in [5.74, 6) is 1.23. The number of hydrogen-bond acceptors (Lipinski definition) is 12. The van der Waals surface area contributed by atoms with Crippen molar-refractivity contribution in [1.82, 2.24) is 14.7 Å². The van der Waals surface area contributed by atoms with Gasteiger partial charge in [0.25, 0.3) is 5.01 Å². The molecule has 0 spiro atoms. The van der Waals surface area contributed by atoms with Crippen LogP contribution >= 0.6 is 11.3 Å². The number of nitrogens with zero attached hydrogens (tertiary/aromatic N) is 4. The van der Waals surface area contributed by atoms with E-state index in [2.05, 4.69) is 96.0 Å². The van der Waals surface area contributed by atoms with Crippen molar-refractivity contribution in [2.24, 2.45) is 7.05 Å². The van der Waals surface area contributed by atoms with Crippen LogP contribution in [0.5, 0.6) is 0 Å². The predicted molar refractivity (Wildman–Crippen MR) is 208 cm³/mol. The fourth-order valence-electron chi connectivity index (χ4n) is 5.39. The molecule has 0 amide bonds. The van der Waals surface area contributed by atoms with Crippen LogP contribution in [0.25, 0.3) is 16.3 Å². The Balaban J connectivity index is 1.29. The van der Waals surface area contributed by atoms with Gasteiger partial charge < -0.3 is 52.6 Å². The van der Waals surface area contributed by atoms with Crippen molar-refractivity contribution < 1.29 is 42.5 Å². The lowest BCUT2D eigenvalue weighted by atomic mass is 10.1. The van der Waals surface area contributed by atoms with Crippen LogP contribution in [-0.2, 0) is 44.9 Å². The molecule has 0 radical (unpaired) electrons. The molecule has 0 aliphatic carbocycles. The Morgan fingerprint density at radius 2 is 1.25 bits per heavy atom. The maximum absolute atomic E-state index is 5.99. The van der Waals surface area contributed by atoms with Gasteiger partial charge in [0.15, 0.2) is 0 Å². The van der Waals surface area contributed by atoms with Crippen molar-refractivity contribution >= 4 is 27.6 Å². The first-order valence-electron chi connectivity index (χ1n) is 18.7. The van der Waals surface area contributed by atoms with Gasteiger partial charge in [-0.05, 0) is 57.3 Å². The van der Waals surface area contributed by atoms with Gasteiger partial charge in [0.1, 0.15) is 17.6 Å². The van der Waals surface area contributed by atoms with Gasteiger partial charge >= 0.3 is 0 Å². The molecule has 0 saturated heterocycles. The van der Waals surface area contributed by atoms with Gasteiger partial charge in [-0.3, -0.25) is 0 Å². The zero-order valence-corrected chi connectivity index (χ0v) is 33.2. The molecule has 3 rings (SSSR count). The molecule has 52 heavy (non-hydrogen) atoms. The van der Waals surface area contributed by atoms with E-state index >= 15 is 0 Å². The Morgan fingerprint density at radius 1 is 0.712 bits per heavy atom. The fraction of sp³-hybridized carbons (Fsp3) is 0.667. The third kappa shape index (κ3) is 18.1. The van der Waals surface area contributed by atoms with Gasteiger partial charge in [-0.1, -0.05) is 30.4 Å². The number of para-hydroxylation sites is 1. The summed E-state index contributed by atoms with van der Waals surface area (Å²) >= 11 is 1.83. The van der Waals surface area contributed by atoms with Gasteiger partial charge in [-0.25, -0.2) is 0 Å². The molecule has 294 valence electrons. The highest BCUT2D eigenvalue weighted by Crippen LogP contribution is 2.26. The van der Waals surface area contributed by atoms with Crippen molar-refractivity contribution in [2.45, 2.75) is 19.8 Å². The van der Waals surface area contributed by atoms with Crippen LogP contribution in [0.3, 0.4) is 0 Å². The lowest BCUT2D eigenvalue weighted by molar-refractivity contribution is -0.642. The summed E-state index contributed by atoms with van der Waals surface area (Å²) in [5.41, 5.74) is 2.46. The number of benzene rings is 1. The highest BCUT2D eigenvalue weighted by molar-refractivity contribution is 7.18. The van der Waals surface area contributed by atoms with Crippen LogP contribution in [0.4, 0.5) is 0 Å². The first-order chi connectivity index (χ1) is 25.5. The first kappa shape index (κ1) is 44.0. The topological polar surface area (TPSA) is 87.4 Å². The minimum Gasteiger partial charge on any atom is -0.382 e. The molecule has 1 aliphatic rings. The number of aromatic nitrogens is 1. The molecule has 1 aromatic heterocycles. The standard InChI is InChI=1S/C39H65N4O8S/c1-6-13-42(15-9-14-40(2)3)38-33-35(34-39-41(4)36-10-7-8-11-37(36)52-39)12-16-43(38)17-18-45-21-22-47-25-26-49-29-30-51-32-31-50-28-27-48-24-23-46-20-19-44-5/h7-8,10-12,16,33-34H,6,9,13-15,17-32H2,1-5H3/q+1. The molecule has 0 atom stereocenters. The van der Waals surface area contributed by atoms with Crippen LogP contribution < -0.4 is 4.57 Å². The van der Waals surface area contributed by atoms with Crippen LogP contribution in [0, 0.1) is 0 Å². The highest BCUT2D eigenvalue weighted by Gasteiger charge is 2.20. The smallest absolute Gasteiger partial charge is 0.263 e. The van der Waals surface area contributed by atoms with Crippen LogP contribution in [0.2, 0.25) is 0 Å². The largest absolute Gasteiger partial charge is 0.382 e. The minimum atomic E-state index is 0.523. The third-order valence-electron chi connectivity index (χ3n) is 8.09. The average molecular weight is 750 g/mol. The summed E-state index contributed by atoms with van der Waals surface area (Å²) in [5, 5.41) is 1.23. The summed E-state index contributed by atoms with van der Waals surface area (Å²) < 4.78 is 47.6. The zero-order chi connectivity index (χ0) is 37.1. The second-order valence-electron chi connectivity index (χ2n) is 12.5. The van der Waals surface area contributed by atoms with E-state index in [-0.39, 0.29) is 0 Å². The van der Waals surface area contributed by atoms with Gasteiger partial charge in [0.05, 0.1) is 99.1 Å². The SMILES string of the molecule is CCCN(CCCN(C)C)C1=C/C(=C/c2sc3ccccc3[n+]2C)C=CN1CCOCCOCCOCCOCCOCCOCCOCCOC. The number of thiazole rings is 1. The Kier molecular flexibility index (Phi) is 23.7. The number of hydrogen-bond donors (Lipinski definition) is 0. The van der Waals surface area contributed by atoms with E-state index in [1.807, 2.05) is 11.3 Å². The molecule has 2 aromatic rings. The summed E-state index contributed by atoms with van der Waals surface area (Å²) in [6.07, 6.45) is 11.2. The van der Waals surface area contributed by atoms with E-state index in [0.717, 1.165) is 39.0 Å². The first-order valence-corrected chi connectivity index (χ1v) is 19.5. The van der Waals surface area contributed by atoms with Crippen LogP contribution in [-0.4, -0.2) is 161 Å². The molecule has 0 N–H and O–H groups in total. The number of aryl methyl sites for hydroxylation is 1. The van der Waals surface area contributed by atoms with Crippen molar-refractivity contribution in [3.05, 3.63) is 59.0 Å². The number of ether oxygens (including phenoxy) is 8. The number of rotatable bonds is 32. The molecular weight excluding hydrogens is 685 g/mol. The molecule has 0 saturated carbocycles.